The number of halogens is 1. The molecule has 0 radical (unpaired) electrons. The molecule has 0 saturated carbocycles. The summed E-state index contributed by atoms with van der Waals surface area (Å²) in [5.41, 5.74) is 3.09. The number of carbonyl (C=O) groups is 1. The van der Waals surface area contributed by atoms with Crippen molar-refractivity contribution in [1.82, 2.24) is 9.78 Å². The van der Waals surface area contributed by atoms with Crippen molar-refractivity contribution in [2.24, 2.45) is 7.05 Å². The molecule has 2 rings (SSSR count). The molecule has 0 atom stereocenters. The highest BCUT2D eigenvalue weighted by atomic mass is 79.9. The van der Waals surface area contributed by atoms with Gasteiger partial charge in [0.15, 0.2) is 0 Å². The van der Waals surface area contributed by atoms with Gasteiger partial charge in [0.25, 0.3) is 0 Å². The molecule has 2 aromatic rings. The molecule has 0 amide bonds. The molecule has 1 aromatic heterocycles. The van der Waals surface area contributed by atoms with E-state index in [1.165, 1.54) is 6.08 Å². The second-order valence-electron chi connectivity index (χ2n) is 5.17. The average molecular weight is 378 g/mol. The summed E-state index contributed by atoms with van der Waals surface area (Å²) in [5, 5.41) is 4.19. The van der Waals surface area contributed by atoms with Crippen LogP contribution in [0.15, 0.2) is 41.1 Å². The summed E-state index contributed by atoms with van der Waals surface area (Å²) < 4.78 is 7.67. The van der Waals surface area contributed by atoms with E-state index in [4.69, 9.17) is 4.74 Å². The largest absolute Gasteiger partial charge is 0.463 e. The lowest BCUT2D eigenvalue weighted by Gasteiger charge is -2.21. The molecule has 0 aliphatic carbocycles. The zero-order valence-corrected chi connectivity index (χ0v) is 15.1. The minimum absolute atomic E-state index is 0.340. The van der Waals surface area contributed by atoms with E-state index in [-0.39, 0.29) is 5.97 Å². The second-order valence-corrected chi connectivity index (χ2v) is 6.08. The molecule has 1 aromatic carbocycles. The van der Waals surface area contributed by atoms with Crippen LogP contribution in [-0.4, -0.2) is 29.4 Å². The number of esters is 1. The SMILES string of the molecule is CCOC(=O)C=Cc1cc(Br)ccc1N(C)Cc1cnn(C)c1. The number of carbonyl (C=O) groups excluding carboxylic acids is 1. The zero-order chi connectivity index (χ0) is 16.8. The Kier molecular flexibility index (Phi) is 5.98. The predicted octanol–water partition coefficient (Wildman–Crippen LogP) is 3.40. The van der Waals surface area contributed by atoms with Crippen molar-refractivity contribution in [2.45, 2.75) is 13.5 Å². The van der Waals surface area contributed by atoms with Gasteiger partial charge in [-0.15, -0.1) is 0 Å². The first-order valence-electron chi connectivity index (χ1n) is 7.32. The first-order valence-corrected chi connectivity index (χ1v) is 8.12. The lowest BCUT2D eigenvalue weighted by atomic mass is 10.1. The van der Waals surface area contributed by atoms with Crippen molar-refractivity contribution in [2.75, 3.05) is 18.6 Å². The third-order valence-corrected chi connectivity index (χ3v) is 3.76. The van der Waals surface area contributed by atoms with Crippen molar-refractivity contribution in [3.05, 3.63) is 52.3 Å². The highest BCUT2D eigenvalue weighted by Gasteiger charge is 2.09. The summed E-state index contributed by atoms with van der Waals surface area (Å²) >= 11 is 3.47. The smallest absolute Gasteiger partial charge is 0.330 e. The number of aromatic nitrogens is 2. The molecule has 122 valence electrons. The van der Waals surface area contributed by atoms with Gasteiger partial charge in [-0.05, 0) is 36.8 Å². The van der Waals surface area contributed by atoms with Crippen molar-refractivity contribution < 1.29 is 9.53 Å². The number of hydrogen-bond acceptors (Lipinski definition) is 4. The van der Waals surface area contributed by atoms with Crippen LogP contribution in [0.2, 0.25) is 0 Å². The number of rotatable bonds is 6. The Morgan fingerprint density at radius 2 is 2.26 bits per heavy atom. The Labute approximate surface area is 144 Å². The van der Waals surface area contributed by atoms with Gasteiger partial charge in [0, 0.05) is 48.6 Å². The topological polar surface area (TPSA) is 47.4 Å². The van der Waals surface area contributed by atoms with Crippen molar-refractivity contribution in [1.29, 1.82) is 0 Å². The fourth-order valence-corrected chi connectivity index (χ4v) is 2.65. The van der Waals surface area contributed by atoms with E-state index in [0.717, 1.165) is 27.8 Å². The van der Waals surface area contributed by atoms with Gasteiger partial charge in [0.1, 0.15) is 0 Å². The molecule has 0 unspecified atom stereocenters. The third kappa shape index (κ3) is 4.96. The number of ether oxygens (including phenoxy) is 1. The van der Waals surface area contributed by atoms with Crippen LogP contribution in [0.1, 0.15) is 18.1 Å². The van der Waals surface area contributed by atoms with Gasteiger partial charge in [-0.3, -0.25) is 4.68 Å². The molecule has 0 N–H and O–H groups in total. The molecular weight excluding hydrogens is 358 g/mol. The quantitative estimate of drug-likeness (QED) is 0.571. The minimum Gasteiger partial charge on any atom is -0.463 e. The molecule has 0 spiro atoms. The van der Waals surface area contributed by atoms with Gasteiger partial charge in [0.05, 0.1) is 12.8 Å². The van der Waals surface area contributed by atoms with Crippen LogP contribution < -0.4 is 4.90 Å². The van der Waals surface area contributed by atoms with E-state index >= 15 is 0 Å². The van der Waals surface area contributed by atoms with Gasteiger partial charge in [-0.2, -0.15) is 5.10 Å². The number of anilines is 1. The van der Waals surface area contributed by atoms with E-state index in [1.807, 2.05) is 44.7 Å². The lowest BCUT2D eigenvalue weighted by molar-refractivity contribution is -0.137. The van der Waals surface area contributed by atoms with Gasteiger partial charge < -0.3 is 9.64 Å². The summed E-state index contributed by atoms with van der Waals surface area (Å²) in [6, 6.07) is 5.98. The van der Waals surface area contributed by atoms with Crippen LogP contribution >= 0.6 is 15.9 Å². The fraction of sp³-hybridized carbons (Fsp3) is 0.294. The average Bonchev–Trinajstić information content (AvgIpc) is 2.90. The van der Waals surface area contributed by atoms with E-state index < -0.39 is 0 Å². The molecule has 0 fully saturated rings. The van der Waals surface area contributed by atoms with Crippen LogP contribution in [-0.2, 0) is 23.1 Å². The maximum Gasteiger partial charge on any atom is 0.330 e. The number of benzene rings is 1. The molecule has 0 saturated heterocycles. The van der Waals surface area contributed by atoms with Gasteiger partial charge in [0.2, 0.25) is 0 Å². The molecule has 1 heterocycles. The Morgan fingerprint density at radius 1 is 1.48 bits per heavy atom. The first kappa shape index (κ1) is 17.3. The van der Waals surface area contributed by atoms with Crippen LogP contribution in [0.4, 0.5) is 5.69 Å². The van der Waals surface area contributed by atoms with Crippen LogP contribution in [0.3, 0.4) is 0 Å². The predicted molar refractivity (Wildman–Crippen MR) is 95.1 cm³/mol. The van der Waals surface area contributed by atoms with E-state index in [2.05, 4.69) is 25.9 Å². The van der Waals surface area contributed by atoms with Gasteiger partial charge >= 0.3 is 5.97 Å². The molecule has 0 aliphatic heterocycles. The van der Waals surface area contributed by atoms with Crippen LogP contribution in [0.25, 0.3) is 6.08 Å². The van der Waals surface area contributed by atoms with E-state index in [9.17, 15) is 4.79 Å². The Balaban J connectivity index is 2.21. The summed E-state index contributed by atoms with van der Waals surface area (Å²) in [6.07, 6.45) is 7.07. The number of nitrogens with zero attached hydrogens (tertiary/aromatic N) is 3. The minimum atomic E-state index is -0.340. The highest BCUT2D eigenvalue weighted by molar-refractivity contribution is 9.10. The number of aryl methyl sites for hydroxylation is 1. The molecule has 5 nitrogen and oxygen atoms in total. The molecule has 6 heteroatoms. The van der Waals surface area contributed by atoms with Crippen LogP contribution in [0, 0.1) is 0 Å². The summed E-state index contributed by atoms with van der Waals surface area (Å²) in [7, 11) is 3.91. The fourth-order valence-electron chi connectivity index (χ4n) is 2.27. The summed E-state index contributed by atoms with van der Waals surface area (Å²) in [6.45, 7) is 2.89. The van der Waals surface area contributed by atoms with Crippen molar-refractivity contribution in [3.63, 3.8) is 0 Å². The third-order valence-electron chi connectivity index (χ3n) is 3.26. The Hall–Kier alpha value is -2.08. The normalized spacial score (nSPS) is 11.0. The van der Waals surface area contributed by atoms with Crippen molar-refractivity contribution >= 4 is 33.7 Å². The maximum atomic E-state index is 11.5. The second kappa shape index (κ2) is 7.97. The van der Waals surface area contributed by atoms with Crippen LogP contribution in [0.5, 0.6) is 0 Å². The number of hydrogen-bond donors (Lipinski definition) is 0. The molecule has 0 aliphatic rings. The lowest BCUT2D eigenvalue weighted by Crippen LogP contribution is -2.17. The first-order chi connectivity index (χ1) is 11.0. The molecule has 23 heavy (non-hydrogen) atoms. The Morgan fingerprint density at radius 3 is 2.91 bits per heavy atom. The van der Waals surface area contributed by atoms with Gasteiger partial charge in [-0.1, -0.05) is 15.9 Å². The van der Waals surface area contributed by atoms with E-state index in [0.29, 0.717) is 6.61 Å². The maximum absolute atomic E-state index is 11.5. The molecule has 0 bridgehead atoms. The van der Waals surface area contributed by atoms with Crippen molar-refractivity contribution in [3.8, 4) is 0 Å². The summed E-state index contributed by atoms with van der Waals surface area (Å²) in [4.78, 5) is 13.7. The highest BCUT2D eigenvalue weighted by Crippen LogP contribution is 2.26. The Bertz CT molecular complexity index is 710. The standard InChI is InChI=1S/C17H20BrN3O2/c1-4-23-17(22)8-5-14-9-15(18)6-7-16(14)20(2)11-13-10-19-21(3)12-13/h5-10,12H,4,11H2,1-3H3. The molecular formula is C17H20BrN3O2. The van der Waals surface area contributed by atoms with E-state index in [1.54, 1.807) is 17.7 Å². The van der Waals surface area contributed by atoms with Gasteiger partial charge in [-0.25, -0.2) is 4.79 Å². The monoisotopic (exact) mass is 377 g/mol. The zero-order valence-electron chi connectivity index (χ0n) is 13.5. The summed E-state index contributed by atoms with van der Waals surface area (Å²) in [5.74, 6) is -0.340.